The van der Waals surface area contributed by atoms with E-state index < -0.39 is 40.7 Å². The summed E-state index contributed by atoms with van der Waals surface area (Å²) in [6.45, 7) is 0. The highest BCUT2D eigenvalue weighted by atomic mass is 79.9. The van der Waals surface area contributed by atoms with Crippen molar-refractivity contribution in [3.05, 3.63) is 98.5 Å². The van der Waals surface area contributed by atoms with E-state index in [1.165, 1.54) is 31.4 Å². The average Bonchev–Trinajstić information content (AvgIpc) is 3.40. The molecule has 3 aromatic carbocycles. The van der Waals surface area contributed by atoms with E-state index in [0.717, 1.165) is 16.2 Å². The van der Waals surface area contributed by atoms with Gasteiger partial charge in [-0.25, -0.2) is 4.90 Å². The number of nitro groups is 1. The van der Waals surface area contributed by atoms with Gasteiger partial charge in [-0.1, -0.05) is 36.4 Å². The van der Waals surface area contributed by atoms with E-state index in [-0.39, 0.29) is 17.2 Å². The Balaban J connectivity index is 1.48. The van der Waals surface area contributed by atoms with Crippen molar-refractivity contribution in [3.8, 4) is 5.75 Å². The van der Waals surface area contributed by atoms with E-state index in [2.05, 4.69) is 15.9 Å². The molecule has 3 aliphatic heterocycles. The number of nitro benzene ring substituents is 1. The molecule has 0 N–H and O–H groups in total. The molecular formula is C28H20BrN3O6. The molecule has 2 fully saturated rings. The van der Waals surface area contributed by atoms with Crippen LogP contribution in [0.3, 0.4) is 0 Å². The second-order valence-corrected chi connectivity index (χ2v) is 10.2. The highest BCUT2D eigenvalue weighted by molar-refractivity contribution is 9.10. The van der Waals surface area contributed by atoms with Gasteiger partial charge < -0.3 is 9.64 Å². The number of imide groups is 1. The number of hydrogen-bond donors (Lipinski definition) is 0. The number of rotatable bonds is 5. The molecule has 10 heteroatoms. The lowest BCUT2D eigenvalue weighted by Gasteiger charge is -2.36. The van der Waals surface area contributed by atoms with Crippen LogP contribution in [0.4, 0.5) is 17.1 Å². The number of hydrogen-bond acceptors (Lipinski definition) is 7. The summed E-state index contributed by atoms with van der Waals surface area (Å²) in [7, 11) is 1.52. The summed E-state index contributed by atoms with van der Waals surface area (Å²) >= 11 is 3.43. The van der Waals surface area contributed by atoms with Crippen molar-refractivity contribution in [2.75, 3.05) is 16.9 Å². The first-order valence-corrected chi connectivity index (χ1v) is 12.7. The predicted molar refractivity (Wildman–Crippen MR) is 143 cm³/mol. The van der Waals surface area contributed by atoms with Crippen LogP contribution in [-0.4, -0.2) is 41.7 Å². The van der Waals surface area contributed by atoms with Crippen molar-refractivity contribution in [1.29, 1.82) is 0 Å². The van der Waals surface area contributed by atoms with Gasteiger partial charge in [0.05, 0.1) is 40.1 Å². The summed E-state index contributed by atoms with van der Waals surface area (Å²) < 4.78 is 5.88. The number of ketones is 1. The maximum atomic E-state index is 14.1. The van der Waals surface area contributed by atoms with Gasteiger partial charge in [0.25, 0.3) is 5.69 Å². The Kier molecular flexibility index (Phi) is 5.64. The minimum atomic E-state index is -0.976. The molecule has 0 spiro atoms. The van der Waals surface area contributed by atoms with Crippen molar-refractivity contribution in [1.82, 2.24) is 0 Å². The largest absolute Gasteiger partial charge is 0.496 e. The molecule has 3 aromatic rings. The molecule has 190 valence electrons. The second-order valence-electron chi connectivity index (χ2n) is 9.31. The summed E-state index contributed by atoms with van der Waals surface area (Å²) in [6.07, 6.45) is 3.76. The molecule has 2 amide bonds. The fourth-order valence-corrected chi connectivity index (χ4v) is 6.34. The number of fused-ring (bicyclic) bond motifs is 5. The van der Waals surface area contributed by atoms with Crippen LogP contribution in [0.15, 0.2) is 77.3 Å². The number of para-hydroxylation sites is 1. The number of benzene rings is 3. The molecule has 3 aliphatic rings. The second kappa shape index (κ2) is 8.91. The molecule has 0 saturated carbocycles. The quantitative estimate of drug-likeness (QED) is 0.189. The number of halogens is 1. The molecular weight excluding hydrogens is 554 g/mol. The predicted octanol–water partition coefficient (Wildman–Crippen LogP) is 4.64. The number of carbonyl (C=O) groups excluding carboxylic acids is 3. The maximum Gasteiger partial charge on any atom is 0.271 e. The third-order valence-electron chi connectivity index (χ3n) is 7.42. The monoisotopic (exact) mass is 573 g/mol. The Morgan fingerprint density at radius 3 is 2.50 bits per heavy atom. The number of methoxy groups -OCH3 is 1. The van der Waals surface area contributed by atoms with Crippen LogP contribution in [0.2, 0.25) is 0 Å². The Morgan fingerprint density at radius 2 is 1.76 bits per heavy atom. The minimum Gasteiger partial charge on any atom is -0.496 e. The highest BCUT2D eigenvalue weighted by Crippen LogP contribution is 2.50. The van der Waals surface area contributed by atoms with Crippen molar-refractivity contribution in [3.63, 3.8) is 0 Å². The van der Waals surface area contributed by atoms with Crippen molar-refractivity contribution >= 4 is 56.7 Å². The molecule has 0 bridgehead atoms. The normalized spacial score (nSPS) is 23.2. The summed E-state index contributed by atoms with van der Waals surface area (Å²) in [5.74, 6) is -2.59. The van der Waals surface area contributed by atoms with Gasteiger partial charge in [0.2, 0.25) is 11.8 Å². The summed E-state index contributed by atoms with van der Waals surface area (Å²) in [6, 6.07) is 16.4. The van der Waals surface area contributed by atoms with Crippen LogP contribution in [0.25, 0.3) is 6.08 Å². The van der Waals surface area contributed by atoms with Crippen molar-refractivity contribution < 1.29 is 24.0 Å². The van der Waals surface area contributed by atoms with E-state index in [1.807, 2.05) is 41.3 Å². The number of anilines is 2. The van der Waals surface area contributed by atoms with E-state index in [9.17, 15) is 24.5 Å². The van der Waals surface area contributed by atoms with Gasteiger partial charge in [-0.05, 0) is 51.8 Å². The molecule has 6 rings (SSSR count). The van der Waals surface area contributed by atoms with Crippen LogP contribution in [0.5, 0.6) is 5.75 Å². The van der Waals surface area contributed by atoms with E-state index in [4.69, 9.17) is 4.74 Å². The minimum absolute atomic E-state index is 0.119. The van der Waals surface area contributed by atoms with Crippen LogP contribution in [0.1, 0.15) is 15.9 Å². The smallest absolute Gasteiger partial charge is 0.271 e. The molecule has 0 aromatic heterocycles. The van der Waals surface area contributed by atoms with Crippen molar-refractivity contribution in [2.45, 2.75) is 12.1 Å². The Labute approximate surface area is 225 Å². The first-order chi connectivity index (χ1) is 18.3. The zero-order valence-electron chi connectivity index (χ0n) is 20.0. The van der Waals surface area contributed by atoms with Crippen molar-refractivity contribution in [2.24, 2.45) is 11.8 Å². The van der Waals surface area contributed by atoms with Crippen LogP contribution in [-0.2, 0) is 9.59 Å². The topological polar surface area (TPSA) is 110 Å². The number of carbonyl (C=O) groups is 3. The molecule has 2 saturated heterocycles. The zero-order chi connectivity index (χ0) is 26.7. The van der Waals surface area contributed by atoms with Gasteiger partial charge in [-0.3, -0.25) is 24.5 Å². The molecule has 0 unspecified atom stereocenters. The zero-order valence-corrected chi connectivity index (χ0v) is 21.6. The third kappa shape index (κ3) is 3.47. The standard InChI is InChI=1S/C28H20BrN3O6/c1-38-22-12-10-16(13-19(22)29)26(33)25-24-23(21-11-9-15-5-2-3-8-20(15)31(21)25)27(34)30(28(24)35)17-6-4-7-18(14-17)32(36)37/h2-14,21,23-25H,1H3/t21-,23+,24-,25+/m1/s1. The molecule has 3 heterocycles. The van der Waals surface area contributed by atoms with Gasteiger partial charge in [0, 0.05) is 23.4 Å². The van der Waals surface area contributed by atoms with Gasteiger partial charge in [0.1, 0.15) is 11.8 Å². The first kappa shape index (κ1) is 24.1. The van der Waals surface area contributed by atoms with Gasteiger partial charge >= 0.3 is 0 Å². The molecule has 0 aliphatic carbocycles. The Morgan fingerprint density at radius 1 is 1.00 bits per heavy atom. The average molecular weight is 574 g/mol. The van der Waals surface area contributed by atoms with Gasteiger partial charge in [-0.2, -0.15) is 0 Å². The number of non-ortho nitro benzene ring substituents is 1. The fraction of sp³-hybridized carbons (Fsp3) is 0.179. The lowest BCUT2D eigenvalue weighted by molar-refractivity contribution is -0.384. The lowest BCUT2D eigenvalue weighted by Crippen LogP contribution is -2.48. The van der Waals surface area contributed by atoms with E-state index in [1.54, 1.807) is 18.2 Å². The van der Waals surface area contributed by atoms with Crippen LogP contribution >= 0.6 is 15.9 Å². The summed E-state index contributed by atoms with van der Waals surface area (Å²) in [5, 5.41) is 11.3. The van der Waals surface area contributed by atoms with Gasteiger partial charge in [0.15, 0.2) is 5.78 Å². The van der Waals surface area contributed by atoms with E-state index in [0.29, 0.717) is 15.8 Å². The SMILES string of the molecule is COc1ccc(C(=O)[C@@H]2[C@@H]3C(=O)N(c4cccc([N+](=O)[O-])c4)C(=O)[C@H]3[C@H]3C=Cc4ccccc4N32)cc1Br. The molecule has 0 radical (unpaired) electrons. The van der Waals surface area contributed by atoms with Crippen LogP contribution < -0.4 is 14.5 Å². The Hall–Kier alpha value is -4.31. The highest BCUT2D eigenvalue weighted by Gasteiger charge is 2.64. The van der Waals surface area contributed by atoms with Gasteiger partial charge in [-0.15, -0.1) is 0 Å². The first-order valence-electron chi connectivity index (χ1n) is 11.9. The number of nitrogens with zero attached hydrogens (tertiary/aromatic N) is 3. The molecule has 4 atom stereocenters. The number of Topliss-reactive ketones (excluding diaryl/α,β-unsaturated/α-hetero) is 1. The lowest BCUT2D eigenvalue weighted by atomic mass is 9.86. The number of ether oxygens (including phenoxy) is 1. The fourth-order valence-electron chi connectivity index (χ4n) is 5.80. The van der Waals surface area contributed by atoms with Crippen LogP contribution in [0, 0.1) is 22.0 Å². The summed E-state index contributed by atoms with van der Waals surface area (Å²) in [4.78, 5) is 55.6. The Bertz CT molecular complexity index is 1570. The summed E-state index contributed by atoms with van der Waals surface area (Å²) in [5.41, 5.74) is 1.90. The third-order valence-corrected chi connectivity index (χ3v) is 8.04. The maximum absolute atomic E-state index is 14.1. The number of amides is 2. The molecule has 38 heavy (non-hydrogen) atoms. The molecule has 9 nitrogen and oxygen atoms in total. The van der Waals surface area contributed by atoms with E-state index >= 15 is 0 Å².